The van der Waals surface area contributed by atoms with Gasteiger partial charge in [0, 0.05) is 37.8 Å². The molecular weight excluding hydrogens is 552 g/mol. The number of aryl methyl sites for hydroxylation is 1. The lowest BCUT2D eigenvalue weighted by Gasteiger charge is -2.36. The first kappa shape index (κ1) is 28.6. The van der Waals surface area contributed by atoms with Gasteiger partial charge in [-0.05, 0) is 72.7 Å². The number of nitrogens with zero attached hydrogens (tertiary/aromatic N) is 4. The first-order valence-electron chi connectivity index (χ1n) is 14.4. The molecular formula is C31H38N6O4S. The van der Waals surface area contributed by atoms with E-state index < -0.39 is 22.9 Å². The number of carboxylic acids is 1. The van der Waals surface area contributed by atoms with Crippen LogP contribution in [0.15, 0.2) is 53.6 Å². The van der Waals surface area contributed by atoms with E-state index in [0.717, 1.165) is 52.2 Å². The molecule has 2 unspecified atom stereocenters. The number of benzene rings is 2. The van der Waals surface area contributed by atoms with E-state index >= 15 is 0 Å². The molecule has 1 saturated carbocycles. The molecule has 222 valence electrons. The summed E-state index contributed by atoms with van der Waals surface area (Å²) in [6.45, 7) is 6.81. The Morgan fingerprint density at radius 3 is 2.81 bits per heavy atom. The molecule has 2 fully saturated rings. The summed E-state index contributed by atoms with van der Waals surface area (Å²) in [5.41, 5.74) is 12.6. The molecule has 11 heteroatoms. The van der Waals surface area contributed by atoms with E-state index in [1.165, 1.54) is 0 Å². The Morgan fingerprint density at radius 1 is 1.24 bits per heavy atom. The Kier molecular flexibility index (Phi) is 7.93. The van der Waals surface area contributed by atoms with Crippen molar-refractivity contribution in [2.45, 2.75) is 62.6 Å². The van der Waals surface area contributed by atoms with E-state index in [1.807, 2.05) is 54.6 Å². The van der Waals surface area contributed by atoms with Crippen molar-refractivity contribution in [3.05, 3.63) is 76.5 Å². The number of hydrogen-bond donors (Lipinski definition) is 3. The zero-order valence-electron chi connectivity index (χ0n) is 24.0. The van der Waals surface area contributed by atoms with Crippen molar-refractivity contribution in [1.29, 1.82) is 0 Å². The Balaban J connectivity index is 1.34. The van der Waals surface area contributed by atoms with E-state index in [1.54, 1.807) is 11.2 Å². The van der Waals surface area contributed by atoms with Gasteiger partial charge >= 0.3 is 5.97 Å². The van der Waals surface area contributed by atoms with Gasteiger partial charge in [-0.15, -0.1) is 0 Å². The average Bonchev–Trinajstić information content (AvgIpc) is 3.84. The van der Waals surface area contributed by atoms with Gasteiger partial charge in [-0.25, -0.2) is 19.3 Å². The smallest absolute Gasteiger partial charge is 0.304 e. The lowest BCUT2D eigenvalue weighted by Crippen LogP contribution is -2.50. The number of carbonyl (C=O) groups is 1. The molecule has 0 radical (unpaired) electrons. The second-order valence-corrected chi connectivity index (χ2v) is 13.0. The maximum absolute atomic E-state index is 13.9. The summed E-state index contributed by atoms with van der Waals surface area (Å²) in [7, 11) is -1.42. The average molecular weight is 591 g/mol. The summed E-state index contributed by atoms with van der Waals surface area (Å²) in [6, 6.07) is 14.0. The number of aromatic nitrogens is 1. The zero-order valence-corrected chi connectivity index (χ0v) is 24.8. The standard InChI is InChI=1S/C31H38N6O4S/c1-19-5-6-21(26(15-29(38)39)25-9-10-27(30(32)20(25)2)37(33)23-7-8-23)14-22(19)16-35-17-24-18-41-13-12-36(24)31-28(42(35)40)4-3-11-34-31/h3-6,9-11,14,23-24,26H,7-8,12-13,15-18,32-33H2,1-2H3,(H,38,39)/t24-,26?,42?/m1/s1. The number of nitrogen functional groups attached to an aromatic ring is 1. The van der Waals surface area contributed by atoms with Crippen molar-refractivity contribution in [2.24, 2.45) is 5.84 Å². The molecule has 42 heavy (non-hydrogen) atoms. The molecule has 6 rings (SSSR count). The maximum Gasteiger partial charge on any atom is 0.304 e. The first-order chi connectivity index (χ1) is 20.2. The molecule has 1 saturated heterocycles. The number of aliphatic carboxylic acids is 1. The van der Waals surface area contributed by atoms with E-state index in [-0.39, 0.29) is 12.5 Å². The fourth-order valence-corrected chi connectivity index (χ4v) is 7.48. The summed E-state index contributed by atoms with van der Waals surface area (Å²) in [5.74, 6) is 5.78. The van der Waals surface area contributed by atoms with Crippen LogP contribution in [0.2, 0.25) is 0 Å². The summed E-state index contributed by atoms with van der Waals surface area (Å²) in [5, 5.41) is 11.6. The number of pyridine rings is 1. The van der Waals surface area contributed by atoms with E-state index in [2.05, 4.69) is 16.0 Å². The van der Waals surface area contributed by atoms with Gasteiger partial charge in [0.1, 0.15) is 16.8 Å². The van der Waals surface area contributed by atoms with Crippen LogP contribution in [-0.4, -0.2) is 63.0 Å². The molecule has 1 aromatic heterocycles. The largest absolute Gasteiger partial charge is 0.481 e. The van der Waals surface area contributed by atoms with Gasteiger partial charge in [0.15, 0.2) is 0 Å². The molecule has 0 spiro atoms. The van der Waals surface area contributed by atoms with Crippen LogP contribution in [0, 0.1) is 13.8 Å². The van der Waals surface area contributed by atoms with Crippen LogP contribution in [0.3, 0.4) is 0 Å². The molecule has 0 amide bonds. The van der Waals surface area contributed by atoms with Crippen LogP contribution in [-0.2, 0) is 27.1 Å². The quantitative estimate of drug-likeness (QED) is 0.205. The van der Waals surface area contributed by atoms with Gasteiger partial charge in [0.25, 0.3) is 0 Å². The van der Waals surface area contributed by atoms with Crippen LogP contribution in [0.5, 0.6) is 0 Å². The molecule has 1 aliphatic carbocycles. The van der Waals surface area contributed by atoms with E-state index in [9.17, 15) is 14.1 Å². The molecule has 3 aliphatic rings. The lowest BCUT2D eigenvalue weighted by atomic mass is 9.84. The van der Waals surface area contributed by atoms with Crippen molar-refractivity contribution in [1.82, 2.24) is 9.29 Å². The van der Waals surface area contributed by atoms with Gasteiger partial charge < -0.3 is 25.5 Å². The normalized spacial score (nSPS) is 21.3. The number of nitrogens with two attached hydrogens (primary N) is 2. The van der Waals surface area contributed by atoms with E-state index in [4.69, 9.17) is 16.3 Å². The topological polar surface area (TPSA) is 138 Å². The zero-order chi connectivity index (χ0) is 29.5. The van der Waals surface area contributed by atoms with Gasteiger partial charge in [0.2, 0.25) is 0 Å². The molecule has 2 aliphatic heterocycles. The SMILES string of the molecule is Cc1ccc(C(CC(=O)O)c2ccc(N(N)C3CC3)c(N)c2C)cc1CN1C[C@@H]2COCCN2c2ncccc2S1=O. The number of anilines is 3. The number of hydrazine groups is 1. The highest BCUT2D eigenvalue weighted by Gasteiger charge is 2.36. The predicted molar refractivity (Wildman–Crippen MR) is 164 cm³/mol. The molecule has 3 heterocycles. The van der Waals surface area contributed by atoms with Crippen molar-refractivity contribution in [3.63, 3.8) is 0 Å². The maximum atomic E-state index is 13.9. The fourth-order valence-electron chi connectivity index (χ4n) is 6.12. The third-order valence-electron chi connectivity index (χ3n) is 8.72. The number of ether oxygens (including phenoxy) is 1. The minimum absolute atomic E-state index is 0.0315. The number of fused-ring (bicyclic) bond motifs is 3. The van der Waals surface area contributed by atoms with Gasteiger partial charge in [-0.3, -0.25) is 4.79 Å². The molecule has 3 aromatic rings. The Bertz CT molecular complexity index is 1530. The number of hydrogen-bond acceptors (Lipinski definition) is 8. The third kappa shape index (κ3) is 5.49. The van der Waals surface area contributed by atoms with Crippen molar-refractivity contribution >= 4 is 34.1 Å². The van der Waals surface area contributed by atoms with Crippen molar-refractivity contribution < 1.29 is 18.8 Å². The van der Waals surface area contributed by atoms with E-state index in [0.29, 0.717) is 49.5 Å². The summed E-state index contributed by atoms with van der Waals surface area (Å²) >= 11 is 0. The molecule has 10 nitrogen and oxygen atoms in total. The fraction of sp³-hybridized carbons (Fsp3) is 0.419. The molecule has 0 bridgehead atoms. The van der Waals surface area contributed by atoms with Crippen LogP contribution in [0.4, 0.5) is 17.2 Å². The van der Waals surface area contributed by atoms with Gasteiger partial charge in [-0.1, -0.05) is 24.3 Å². The molecule has 3 atom stereocenters. The lowest BCUT2D eigenvalue weighted by molar-refractivity contribution is -0.137. The Hall–Kier alpha value is -3.51. The number of carboxylic acid groups (broad SMARTS) is 1. The van der Waals surface area contributed by atoms with Gasteiger partial charge in [0.05, 0.1) is 41.9 Å². The second-order valence-electron chi connectivity index (χ2n) is 11.5. The third-order valence-corrected chi connectivity index (χ3v) is 10.2. The highest BCUT2D eigenvalue weighted by Crippen LogP contribution is 2.40. The van der Waals surface area contributed by atoms with Crippen molar-refractivity contribution in [2.75, 3.05) is 41.9 Å². The van der Waals surface area contributed by atoms with Crippen LogP contribution >= 0.6 is 0 Å². The minimum Gasteiger partial charge on any atom is -0.481 e. The minimum atomic E-state index is -1.42. The molecule has 5 N–H and O–H groups in total. The number of rotatable bonds is 8. The van der Waals surface area contributed by atoms with Crippen LogP contribution < -0.4 is 21.5 Å². The first-order valence-corrected chi connectivity index (χ1v) is 15.5. The predicted octanol–water partition coefficient (Wildman–Crippen LogP) is 3.47. The Morgan fingerprint density at radius 2 is 2.05 bits per heavy atom. The highest BCUT2D eigenvalue weighted by atomic mass is 32.2. The second kappa shape index (κ2) is 11.6. The number of morpholine rings is 1. The highest BCUT2D eigenvalue weighted by molar-refractivity contribution is 7.82. The summed E-state index contributed by atoms with van der Waals surface area (Å²) < 4.78 is 21.7. The van der Waals surface area contributed by atoms with Crippen molar-refractivity contribution in [3.8, 4) is 0 Å². The monoisotopic (exact) mass is 590 g/mol. The summed E-state index contributed by atoms with van der Waals surface area (Å²) in [4.78, 5) is 19.6. The summed E-state index contributed by atoms with van der Waals surface area (Å²) in [6.07, 6.45) is 3.74. The van der Waals surface area contributed by atoms with Crippen LogP contribution in [0.1, 0.15) is 53.0 Å². The molecule has 2 aromatic carbocycles. The van der Waals surface area contributed by atoms with Gasteiger partial charge in [-0.2, -0.15) is 0 Å². The Labute approximate surface area is 248 Å². The van der Waals surface area contributed by atoms with Crippen LogP contribution in [0.25, 0.3) is 0 Å².